The molecule has 0 aromatic heterocycles. The van der Waals surface area contributed by atoms with E-state index in [-0.39, 0.29) is 36.6 Å². The van der Waals surface area contributed by atoms with Crippen molar-refractivity contribution >= 4 is 27.7 Å². The van der Waals surface area contributed by atoms with Crippen molar-refractivity contribution in [1.29, 1.82) is 0 Å². The highest BCUT2D eigenvalue weighted by molar-refractivity contribution is 9.10. The van der Waals surface area contributed by atoms with Crippen LogP contribution in [0.2, 0.25) is 0 Å². The van der Waals surface area contributed by atoms with Crippen LogP contribution in [-0.2, 0) is 16.1 Å². The minimum atomic E-state index is -0.422. The molecule has 1 N–H and O–H groups in total. The minimum Gasteiger partial charge on any atom is -0.342 e. The second kappa shape index (κ2) is 5.16. The molecule has 20 heavy (non-hydrogen) atoms. The Hall–Kier alpha value is -1.43. The van der Waals surface area contributed by atoms with Gasteiger partial charge in [0.15, 0.2) is 0 Å². The van der Waals surface area contributed by atoms with Crippen LogP contribution in [0, 0.1) is 11.7 Å². The fraction of sp³-hybridized carbons (Fsp3) is 0.429. The van der Waals surface area contributed by atoms with Crippen molar-refractivity contribution in [2.24, 2.45) is 5.92 Å². The molecule has 1 heterocycles. The number of hydrogen-bond donors (Lipinski definition) is 1. The fourth-order valence-corrected chi connectivity index (χ4v) is 2.80. The van der Waals surface area contributed by atoms with Crippen LogP contribution in [0.4, 0.5) is 4.39 Å². The van der Waals surface area contributed by atoms with Gasteiger partial charge < -0.3 is 10.2 Å². The Bertz CT molecular complexity index is 574. The minimum absolute atomic E-state index is 0.00242. The number of amides is 2. The van der Waals surface area contributed by atoms with E-state index in [1.807, 2.05) is 0 Å². The molecule has 4 nitrogen and oxygen atoms in total. The van der Waals surface area contributed by atoms with Gasteiger partial charge in [-0.2, -0.15) is 0 Å². The first kappa shape index (κ1) is 13.5. The Morgan fingerprint density at radius 2 is 2.10 bits per heavy atom. The summed E-state index contributed by atoms with van der Waals surface area (Å²) in [5.74, 6) is -0.390. The Morgan fingerprint density at radius 3 is 2.75 bits per heavy atom. The van der Waals surface area contributed by atoms with Gasteiger partial charge in [0.2, 0.25) is 11.8 Å². The molecule has 1 aromatic rings. The summed E-state index contributed by atoms with van der Waals surface area (Å²) in [7, 11) is 0. The van der Waals surface area contributed by atoms with Crippen LogP contribution in [0.25, 0.3) is 0 Å². The molecule has 1 atom stereocenters. The van der Waals surface area contributed by atoms with E-state index in [1.54, 1.807) is 12.1 Å². The normalized spacial score (nSPS) is 22.9. The van der Waals surface area contributed by atoms with Crippen molar-refractivity contribution in [2.75, 3.05) is 6.54 Å². The third kappa shape index (κ3) is 2.70. The molecule has 2 aliphatic rings. The first-order chi connectivity index (χ1) is 9.54. The van der Waals surface area contributed by atoms with Gasteiger partial charge in [-0.3, -0.25) is 9.59 Å². The fourth-order valence-electron chi connectivity index (χ4n) is 2.47. The van der Waals surface area contributed by atoms with Gasteiger partial charge in [0.05, 0.1) is 6.54 Å². The predicted octanol–water partition coefficient (Wildman–Crippen LogP) is 1.83. The Morgan fingerprint density at radius 1 is 1.35 bits per heavy atom. The number of rotatable bonds is 3. The molecule has 1 aliphatic heterocycles. The zero-order chi connectivity index (χ0) is 14.3. The van der Waals surface area contributed by atoms with Crippen molar-refractivity contribution in [3.63, 3.8) is 0 Å². The first-order valence-electron chi connectivity index (χ1n) is 6.56. The Labute approximate surface area is 124 Å². The molecule has 0 spiro atoms. The van der Waals surface area contributed by atoms with E-state index in [4.69, 9.17) is 0 Å². The molecular weight excluding hydrogens is 327 g/mol. The number of piperazine rings is 1. The molecule has 1 aromatic carbocycles. The first-order valence-corrected chi connectivity index (χ1v) is 7.36. The lowest BCUT2D eigenvalue weighted by molar-refractivity contribution is -0.145. The molecule has 6 heteroatoms. The van der Waals surface area contributed by atoms with Crippen molar-refractivity contribution < 1.29 is 14.0 Å². The molecule has 1 saturated heterocycles. The van der Waals surface area contributed by atoms with Gasteiger partial charge in [-0.25, -0.2) is 4.39 Å². The van der Waals surface area contributed by atoms with Gasteiger partial charge in [-0.1, -0.05) is 22.0 Å². The summed E-state index contributed by atoms with van der Waals surface area (Å²) in [5, 5.41) is 2.74. The van der Waals surface area contributed by atoms with E-state index in [9.17, 15) is 14.0 Å². The second-order valence-electron chi connectivity index (χ2n) is 5.31. The van der Waals surface area contributed by atoms with E-state index in [1.165, 1.54) is 11.0 Å². The van der Waals surface area contributed by atoms with Gasteiger partial charge in [-0.05, 0) is 30.9 Å². The largest absolute Gasteiger partial charge is 0.342 e. The predicted molar refractivity (Wildman–Crippen MR) is 74.2 cm³/mol. The summed E-state index contributed by atoms with van der Waals surface area (Å²) in [4.78, 5) is 25.4. The van der Waals surface area contributed by atoms with E-state index in [0.29, 0.717) is 10.0 Å². The van der Waals surface area contributed by atoms with Gasteiger partial charge in [0, 0.05) is 16.6 Å². The van der Waals surface area contributed by atoms with Crippen LogP contribution in [0.5, 0.6) is 0 Å². The van der Waals surface area contributed by atoms with Crippen LogP contribution < -0.4 is 5.32 Å². The maximum Gasteiger partial charge on any atom is 0.246 e. The SMILES string of the molecule is O=C1CN(Cc2ccc(Br)cc2F)C(=O)C(C2CC2)N1. The summed E-state index contributed by atoms with van der Waals surface area (Å²) in [5.41, 5.74) is 0.422. The summed E-state index contributed by atoms with van der Waals surface area (Å²) in [6.07, 6.45) is 1.94. The maximum atomic E-state index is 13.8. The topological polar surface area (TPSA) is 49.4 Å². The van der Waals surface area contributed by atoms with E-state index < -0.39 is 6.04 Å². The van der Waals surface area contributed by atoms with Crippen molar-refractivity contribution in [2.45, 2.75) is 25.4 Å². The quantitative estimate of drug-likeness (QED) is 0.912. The number of nitrogens with zero attached hydrogens (tertiary/aromatic N) is 1. The van der Waals surface area contributed by atoms with E-state index in [2.05, 4.69) is 21.2 Å². The van der Waals surface area contributed by atoms with Gasteiger partial charge >= 0.3 is 0 Å². The average molecular weight is 341 g/mol. The highest BCUT2D eigenvalue weighted by Crippen LogP contribution is 2.34. The molecule has 2 fully saturated rings. The monoisotopic (exact) mass is 340 g/mol. The van der Waals surface area contributed by atoms with Crippen LogP contribution >= 0.6 is 15.9 Å². The zero-order valence-electron chi connectivity index (χ0n) is 10.7. The number of carbonyl (C=O) groups excluding carboxylic acids is 2. The molecular formula is C14H14BrFN2O2. The molecule has 106 valence electrons. The summed E-state index contributed by atoms with van der Waals surface area (Å²) >= 11 is 3.20. The van der Waals surface area contributed by atoms with Crippen LogP contribution in [0.1, 0.15) is 18.4 Å². The number of nitrogens with one attached hydrogen (secondary N) is 1. The lowest BCUT2D eigenvalue weighted by Crippen LogP contribution is -2.58. The number of hydrogen-bond acceptors (Lipinski definition) is 2. The van der Waals surface area contributed by atoms with Crippen molar-refractivity contribution in [3.8, 4) is 0 Å². The second-order valence-corrected chi connectivity index (χ2v) is 6.23. The molecule has 0 bridgehead atoms. The number of benzene rings is 1. The van der Waals surface area contributed by atoms with Crippen LogP contribution in [0.3, 0.4) is 0 Å². The van der Waals surface area contributed by atoms with Crippen LogP contribution in [-0.4, -0.2) is 29.3 Å². The van der Waals surface area contributed by atoms with Gasteiger partial charge in [0.25, 0.3) is 0 Å². The Kier molecular flexibility index (Phi) is 3.50. The average Bonchev–Trinajstić information content (AvgIpc) is 3.21. The smallest absolute Gasteiger partial charge is 0.246 e. The molecule has 2 amide bonds. The molecule has 3 rings (SSSR count). The molecule has 0 radical (unpaired) electrons. The zero-order valence-corrected chi connectivity index (χ0v) is 12.3. The Balaban J connectivity index is 1.78. The highest BCUT2D eigenvalue weighted by Gasteiger charge is 2.42. The van der Waals surface area contributed by atoms with Crippen molar-refractivity contribution in [3.05, 3.63) is 34.1 Å². The molecule has 1 aliphatic carbocycles. The number of halogens is 2. The maximum absolute atomic E-state index is 13.8. The summed E-state index contributed by atoms with van der Waals surface area (Å²) in [6, 6.07) is 4.30. The summed E-state index contributed by atoms with van der Waals surface area (Å²) < 4.78 is 14.5. The highest BCUT2D eigenvalue weighted by atomic mass is 79.9. The van der Waals surface area contributed by atoms with Gasteiger partial charge in [-0.15, -0.1) is 0 Å². The summed E-state index contributed by atoms with van der Waals surface area (Å²) in [6.45, 7) is 0.131. The van der Waals surface area contributed by atoms with Crippen molar-refractivity contribution in [1.82, 2.24) is 10.2 Å². The van der Waals surface area contributed by atoms with Gasteiger partial charge in [0.1, 0.15) is 11.9 Å². The molecule has 1 unspecified atom stereocenters. The number of carbonyl (C=O) groups is 2. The lowest BCUT2D eigenvalue weighted by Gasteiger charge is -2.32. The third-order valence-corrected chi connectivity index (χ3v) is 4.19. The third-order valence-electron chi connectivity index (χ3n) is 3.70. The lowest BCUT2D eigenvalue weighted by atomic mass is 10.1. The van der Waals surface area contributed by atoms with E-state index >= 15 is 0 Å². The van der Waals surface area contributed by atoms with E-state index in [0.717, 1.165) is 12.8 Å². The molecule has 1 saturated carbocycles. The standard InChI is InChI=1S/C14H14BrFN2O2/c15-10-4-3-9(11(16)5-10)6-18-7-12(19)17-13(14(18)20)8-1-2-8/h3-5,8,13H,1-2,6-7H2,(H,17,19). The van der Waals surface area contributed by atoms with Crippen LogP contribution in [0.15, 0.2) is 22.7 Å².